The van der Waals surface area contributed by atoms with Gasteiger partial charge in [-0.3, -0.25) is 9.59 Å². The highest BCUT2D eigenvalue weighted by Crippen LogP contribution is 2.24. The lowest BCUT2D eigenvalue weighted by Gasteiger charge is -2.37. The molecular weight excluding hydrogens is 314 g/mol. The molecule has 1 heterocycles. The molecule has 0 aliphatic carbocycles. The van der Waals surface area contributed by atoms with Crippen molar-refractivity contribution >= 4 is 17.5 Å². The van der Waals surface area contributed by atoms with Crippen LogP contribution in [0.4, 0.5) is 5.69 Å². The molecular formula is C20H29N3O2. The first-order valence-corrected chi connectivity index (χ1v) is 8.81. The summed E-state index contributed by atoms with van der Waals surface area (Å²) in [6, 6.07) is 7.36. The highest BCUT2D eigenvalue weighted by Gasteiger charge is 2.27. The van der Waals surface area contributed by atoms with Crippen LogP contribution in [0.3, 0.4) is 0 Å². The number of hydrogen-bond acceptors (Lipinski definition) is 3. The maximum absolute atomic E-state index is 12.8. The lowest BCUT2D eigenvalue weighted by Crippen LogP contribution is -2.44. The number of piperidine rings is 1. The number of amides is 2. The van der Waals surface area contributed by atoms with Crippen molar-refractivity contribution in [2.24, 2.45) is 5.92 Å². The summed E-state index contributed by atoms with van der Waals surface area (Å²) < 4.78 is 0. The van der Waals surface area contributed by atoms with Gasteiger partial charge in [0.25, 0.3) is 5.91 Å². The molecule has 0 N–H and O–H groups in total. The van der Waals surface area contributed by atoms with E-state index in [1.807, 2.05) is 11.9 Å². The first-order chi connectivity index (χ1) is 11.8. The van der Waals surface area contributed by atoms with Gasteiger partial charge in [0.05, 0.1) is 0 Å². The highest BCUT2D eigenvalue weighted by atomic mass is 16.2. The summed E-state index contributed by atoms with van der Waals surface area (Å²) in [5, 5.41) is 0. The lowest BCUT2D eigenvalue weighted by molar-refractivity contribution is -0.113. The average Bonchev–Trinajstić information content (AvgIpc) is 2.65. The van der Waals surface area contributed by atoms with Crippen LogP contribution in [0.2, 0.25) is 0 Å². The Hall–Kier alpha value is -2.14. The number of carbonyl (C=O) groups is 2. The fraction of sp³-hybridized carbons (Fsp3) is 0.500. The van der Waals surface area contributed by atoms with Gasteiger partial charge >= 0.3 is 0 Å². The molecule has 1 aliphatic rings. The van der Waals surface area contributed by atoms with Gasteiger partial charge in [0.2, 0.25) is 5.91 Å². The summed E-state index contributed by atoms with van der Waals surface area (Å²) in [5.41, 5.74) is 1.39. The van der Waals surface area contributed by atoms with E-state index in [1.165, 1.54) is 11.0 Å². The van der Waals surface area contributed by atoms with Crippen molar-refractivity contribution in [2.75, 3.05) is 39.1 Å². The van der Waals surface area contributed by atoms with Crippen LogP contribution in [-0.4, -0.2) is 61.9 Å². The van der Waals surface area contributed by atoms with Crippen LogP contribution < -0.4 is 4.90 Å². The molecule has 1 aromatic carbocycles. The van der Waals surface area contributed by atoms with E-state index in [4.69, 9.17) is 0 Å². The van der Waals surface area contributed by atoms with Crippen molar-refractivity contribution < 1.29 is 9.59 Å². The number of anilines is 1. The molecule has 0 spiro atoms. The fourth-order valence-electron chi connectivity index (χ4n) is 3.31. The molecule has 1 aliphatic heterocycles. The number of likely N-dealkylation sites (tertiary alicyclic amines) is 1. The van der Waals surface area contributed by atoms with Gasteiger partial charge in [-0.1, -0.05) is 6.58 Å². The van der Waals surface area contributed by atoms with Gasteiger partial charge in [-0.25, -0.2) is 0 Å². The summed E-state index contributed by atoms with van der Waals surface area (Å²) in [4.78, 5) is 30.1. The van der Waals surface area contributed by atoms with Gasteiger partial charge in [0.1, 0.15) is 0 Å². The predicted molar refractivity (Wildman–Crippen MR) is 102 cm³/mol. The monoisotopic (exact) mass is 343 g/mol. The lowest BCUT2D eigenvalue weighted by atomic mass is 9.89. The Kier molecular flexibility index (Phi) is 6.37. The van der Waals surface area contributed by atoms with Crippen LogP contribution in [-0.2, 0) is 4.79 Å². The van der Waals surface area contributed by atoms with Crippen LogP contribution >= 0.6 is 0 Å². The molecule has 0 radical (unpaired) electrons. The van der Waals surface area contributed by atoms with Crippen molar-refractivity contribution in [1.82, 2.24) is 9.80 Å². The van der Waals surface area contributed by atoms with E-state index in [2.05, 4.69) is 25.5 Å². The summed E-state index contributed by atoms with van der Waals surface area (Å²) in [5.74, 6) is 0.392. The third-order valence-electron chi connectivity index (χ3n) is 5.38. The van der Waals surface area contributed by atoms with Crippen LogP contribution in [0.15, 0.2) is 36.9 Å². The predicted octanol–water partition coefficient (Wildman–Crippen LogP) is 2.64. The second kappa shape index (κ2) is 8.30. The van der Waals surface area contributed by atoms with Crippen molar-refractivity contribution in [2.45, 2.75) is 25.8 Å². The van der Waals surface area contributed by atoms with E-state index in [-0.39, 0.29) is 17.9 Å². The second-order valence-electron chi connectivity index (χ2n) is 6.95. The van der Waals surface area contributed by atoms with E-state index >= 15 is 0 Å². The Morgan fingerprint density at radius 2 is 1.76 bits per heavy atom. The smallest absolute Gasteiger partial charge is 0.253 e. The Bertz CT molecular complexity index is 618. The molecule has 2 rings (SSSR count). The molecule has 1 atom stereocenters. The molecule has 25 heavy (non-hydrogen) atoms. The average molecular weight is 343 g/mol. The third-order valence-corrected chi connectivity index (χ3v) is 5.38. The highest BCUT2D eigenvalue weighted by molar-refractivity contribution is 6.01. The Labute approximate surface area is 150 Å². The first kappa shape index (κ1) is 19.2. The zero-order valence-electron chi connectivity index (χ0n) is 15.7. The number of carbonyl (C=O) groups excluding carboxylic acids is 2. The third kappa shape index (κ3) is 4.48. The molecule has 136 valence electrons. The number of hydrogen-bond donors (Lipinski definition) is 0. The van der Waals surface area contributed by atoms with Crippen molar-refractivity contribution in [1.29, 1.82) is 0 Å². The largest absolute Gasteiger partial charge is 0.339 e. The summed E-state index contributed by atoms with van der Waals surface area (Å²) in [6.07, 6.45) is 3.53. The molecule has 1 fully saturated rings. The van der Waals surface area contributed by atoms with E-state index in [9.17, 15) is 9.59 Å². The molecule has 1 aromatic rings. The minimum Gasteiger partial charge on any atom is -0.339 e. The van der Waals surface area contributed by atoms with Gasteiger partial charge in [-0.05, 0) is 76.2 Å². The van der Waals surface area contributed by atoms with Gasteiger partial charge in [0, 0.05) is 31.4 Å². The molecule has 1 unspecified atom stereocenters. The molecule has 0 aromatic heterocycles. The van der Waals surface area contributed by atoms with Gasteiger partial charge in [-0.15, -0.1) is 0 Å². The maximum atomic E-state index is 12.8. The van der Waals surface area contributed by atoms with Crippen molar-refractivity contribution in [3.63, 3.8) is 0 Å². The molecule has 5 heteroatoms. The maximum Gasteiger partial charge on any atom is 0.253 e. The first-order valence-electron chi connectivity index (χ1n) is 8.81. The van der Waals surface area contributed by atoms with E-state index < -0.39 is 0 Å². The Balaban J connectivity index is 2.04. The van der Waals surface area contributed by atoms with Crippen molar-refractivity contribution in [3.05, 3.63) is 42.5 Å². The Morgan fingerprint density at radius 3 is 2.28 bits per heavy atom. The molecule has 2 amide bonds. The van der Waals surface area contributed by atoms with Gasteiger partial charge < -0.3 is 14.7 Å². The fourth-order valence-corrected chi connectivity index (χ4v) is 3.31. The standard InChI is InChI=1S/C20H29N3O2/c1-6-19(24)23(5)18-9-7-17(8-10-18)20(25)22(4)15(2)16-11-13-21(3)14-12-16/h6-10,15-16H,1,11-14H2,2-5H3. The van der Waals surface area contributed by atoms with Gasteiger partial charge in [-0.2, -0.15) is 0 Å². The quantitative estimate of drug-likeness (QED) is 0.772. The normalized spacial score (nSPS) is 17.0. The van der Waals surface area contributed by atoms with Gasteiger partial charge in [0.15, 0.2) is 0 Å². The van der Waals surface area contributed by atoms with E-state index in [1.54, 1.807) is 31.3 Å². The summed E-state index contributed by atoms with van der Waals surface area (Å²) in [6.45, 7) is 7.81. The Morgan fingerprint density at radius 1 is 1.20 bits per heavy atom. The summed E-state index contributed by atoms with van der Waals surface area (Å²) >= 11 is 0. The topological polar surface area (TPSA) is 43.9 Å². The number of benzene rings is 1. The SMILES string of the molecule is C=CC(=O)N(C)c1ccc(C(=O)N(C)C(C)C2CCN(C)CC2)cc1. The number of rotatable bonds is 5. The van der Waals surface area contributed by atoms with Crippen molar-refractivity contribution in [3.8, 4) is 0 Å². The number of nitrogens with zero attached hydrogens (tertiary/aromatic N) is 3. The van der Waals surface area contributed by atoms with E-state index in [0.29, 0.717) is 11.5 Å². The van der Waals surface area contributed by atoms with Crippen LogP contribution in [0, 0.1) is 5.92 Å². The van der Waals surface area contributed by atoms with E-state index in [0.717, 1.165) is 31.6 Å². The minimum atomic E-state index is -0.174. The minimum absolute atomic E-state index is 0.0238. The molecule has 5 nitrogen and oxygen atoms in total. The molecule has 1 saturated heterocycles. The zero-order chi connectivity index (χ0) is 18.6. The second-order valence-corrected chi connectivity index (χ2v) is 6.95. The van der Waals surface area contributed by atoms with Crippen LogP contribution in [0.1, 0.15) is 30.1 Å². The van der Waals surface area contributed by atoms with Crippen LogP contribution in [0.5, 0.6) is 0 Å². The zero-order valence-corrected chi connectivity index (χ0v) is 15.7. The molecule has 0 saturated carbocycles. The van der Waals surface area contributed by atoms with Crippen LogP contribution in [0.25, 0.3) is 0 Å². The summed E-state index contributed by atoms with van der Waals surface area (Å²) in [7, 11) is 5.72. The number of likely N-dealkylation sites (N-methyl/N-ethyl adjacent to an activating group) is 1. The molecule has 0 bridgehead atoms.